The van der Waals surface area contributed by atoms with E-state index >= 15 is 0 Å². The molecule has 0 bridgehead atoms. The molecule has 0 atom stereocenters. The molecule has 0 unspecified atom stereocenters. The number of aromatic amines is 1. The summed E-state index contributed by atoms with van der Waals surface area (Å²) < 4.78 is 0. The zero-order chi connectivity index (χ0) is 8.97. The third-order valence-corrected chi connectivity index (χ3v) is 1.30. The molecule has 1 heterocycles. The molecule has 64 valence electrons. The van der Waals surface area contributed by atoms with E-state index < -0.39 is 11.9 Å². The number of nitrogens with one attached hydrogen (secondary N) is 3. The van der Waals surface area contributed by atoms with E-state index in [-0.39, 0.29) is 0 Å². The standard InChI is InChI=1S/C7H9N3O2/c1-8-7(12)10-6(11)5-3-2-4-9-5/h2-4,9H,1H3,(H2,8,10,11,12). The molecule has 0 aliphatic heterocycles. The van der Waals surface area contributed by atoms with Crippen molar-refractivity contribution in [3.05, 3.63) is 24.0 Å². The topological polar surface area (TPSA) is 74.0 Å². The fourth-order valence-electron chi connectivity index (χ4n) is 0.705. The lowest BCUT2D eigenvalue weighted by Crippen LogP contribution is -2.37. The fraction of sp³-hybridized carbons (Fsp3) is 0.143. The Morgan fingerprint density at radius 2 is 2.25 bits per heavy atom. The zero-order valence-corrected chi connectivity index (χ0v) is 6.55. The van der Waals surface area contributed by atoms with E-state index in [0.717, 1.165) is 0 Å². The second kappa shape index (κ2) is 3.56. The highest BCUT2D eigenvalue weighted by atomic mass is 16.2. The summed E-state index contributed by atoms with van der Waals surface area (Å²) >= 11 is 0. The highest BCUT2D eigenvalue weighted by Gasteiger charge is 2.07. The molecule has 0 saturated carbocycles. The smallest absolute Gasteiger partial charge is 0.321 e. The average molecular weight is 167 g/mol. The number of carbonyl (C=O) groups excluding carboxylic acids is 2. The lowest BCUT2D eigenvalue weighted by molar-refractivity contribution is 0.0960. The minimum absolute atomic E-state index is 0.360. The van der Waals surface area contributed by atoms with Gasteiger partial charge in [-0.1, -0.05) is 0 Å². The van der Waals surface area contributed by atoms with Crippen LogP contribution in [0.2, 0.25) is 0 Å². The number of rotatable bonds is 1. The van der Waals surface area contributed by atoms with Gasteiger partial charge >= 0.3 is 6.03 Å². The lowest BCUT2D eigenvalue weighted by Gasteiger charge is -1.99. The molecule has 5 heteroatoms. The van der Waals surface area contributed by atoms with Crippen molar-refractivity contribution >= 4 is 11.9 Å². The van der Waals surface area contributed by atoms with Crippen molar-refractivity contribution in [1.82, 2.24) is 15.6 Å². The van der Waals surface area contributed by atoms with Crippen molar-refractivity contribution in [1.29, 1.82) is 0 Å². The van der Waals surface area contributed by atoms with Gasteiger partial charge < -0.3 is 10.3 Å². The Morgan fingerprint density at radius 1 is 1.50 bits per heavy atom. The SMILES string of the molecule is CNC(=O)NC(=O)c1ccc[nH]1. The van der Waals surface area contributed by atoms with E-state index in [4.69, 9.17) is 0 Å². The summed E-state index contributed by atoms with van der Waals surface area (Å²) in [5.74, 6) is -0.445. The zero-order valence-electron chi connectivity index (χ0n) is 6.55. The first-order chi connectivity index (χ1) is 5.74. The third-order valence-electron chi connectivity index (χ3n) is 1.30. The quantitative estimate of drug-likeness (QED) is 0.554. The van der Waals surface area contributed by atoms with Crippen molar-refractivity contribution in [3.8, 4) is 0 Å². The first kappa shape index (κ1) is 8.32. The maximum absolute atomic E-state index is 11.1. The van der Waals surface area contributed by atoms with Gasteiger partial charge in [-0.2, -0.15) is 0 Å². The molecule has 0 aliphatic rings. The summed E-state index contributed by atoms with van der Waals surface area (Å²) in [5.41, 5.74) is 0.360. The molecule has 1 rings (SSSR count). The van der Waals surface area contributed by atoms with Crippen LogP contribution in [0.4, 0.5) is 4.79 Å². The van der Waals surface area contributed by atoms with Crippen molar-refractivity contribution in [2.24, 2.45) is 0 Å². The van der Waals surface area contributed by atoms with E-state index in [0.29, 0.717) is 5.69 Å². The predicted molar refractivity (Wildman–Crippen MR) is 42.7 cm³/mol. The van der Waals surface area contributed by atoms with Gasteiger partial charge in [-0.15, -0.1) is 0 Å². The van der Waals surface area contributed by atoms with Gasteiger partial charge in [0.15, 0.2) is 0 Å². The number of imide groups is 1. The van der Waals surface area contributed by atoms with Crippen LogP contribution in [0.5, 0.6) is 0 Å². The van der Waals surface area contributed by atoms with Gasteiger partial charge in [0.2, 0.25) is 0 Å². The molecule has 0 spiro atoms. The Bertz CT molecular complexity index is 279. The molecule has 0 aliphatic carbocycles. The van der Waals surface area contributed by atoms with Crippen LogP contribution in [-0.2, 0) is 0 Å². The highest BCUT2D eigenvalue weighted by molar-refractivity contribution is 6.02. The van der Waals surface area contributed by atoms with Crippen LogP contribution < -0.4 is 10.6 Å². The molecular weight excluding hydrogens is 158 g/mol. The van der Waals surface area contributed by atoms with E-state index in [1.54, 1.807) is 18.3 Å². The van der Waals surface area contributed by atoms with Crippen molar-refractivity contribution in [2.45, 2.75) is 0 Å². The Morgan fingerprint density at radius 3 is 2.75 bits per heavy atom. The molecule has 0 saturated heterocycles. The normalized spacial score (nSPS) is 9.08. The number of carbonyl (C=O) groups is 2. The summed E-state index contributed by atoms with van der Waals surface area (Å²) in [6, 6.07) is 2.74. The first-order valence-electron chi connectivity index (χ1n) is 3.40. The van der Waals surface area contributed by atoms with Gasteiger partial charge in [-0.05, 0) is 12.1 Å². The molecule has 3 amide bonds. The third kappa shape index (κ3) is 1.85. The molecular formula is C7H9N3O2. The number of H-pyrrole nitrogens is 1. The Hall–Kier alpha value is -1.78. The van der Waals surface area contributed by atoms with Crippen LogP contribution in [0.3, 0.4) is 0 Å². The largest absolute Gasteiger partial charge is 0.357 e. The van der Waals surface area contributed by atoms with Crippen LogP contribution in [0.25, 0.3) is 0 Å². The van der Waals surface area contributed by atoms with E-state index in [2.05, 4.69) is 15.6 Å². The number of urea groups is 1. The van der Waals surface area contributed by atoms with Gasteiger partial charge in [0, 0.05) is 13.2 Å². The summed E-state index contributed by atoms with van der Waals surface area (Å²) in [6.07, 6.45) is 1.61. The second-order valence-electron chi connectivity index (χ2n) is 2.12. The molecule has 0 fully saturated rings. The monoisotopic (exact) mass is 167 g/mol. The molecule has 1 aromatic heterocycles. The molecule has 12 heavy (non-hydrogen) atoms. The molecule has 3 N–H and O–H groups in total. The average Bonchev–Trinajstić information content (AvgIpc) is 2.56. The van der Waals surface area contributed by atoms with Crippen LogP contribution in [0.1, 0.15) is 10.5 Å². The Balaban J connectivity index is 2.56. The van der Waals surface area contributed by atoms with Crippen molar-refractivity contribution < 1.29 is 9.59 Å². The summed E-state index contributed by atoms with van der Waals surface area (Å²) in [7, 11) is 1.44. The number of hydrogen-bond acceptors (Lipinski definition) is 2. The summed E-state index contributed by atoms with van der Waals surface area (Å²) in [5, 5.41) is 4.38. The second-order valence-corrected chi connectivity index (χ2v) is 2.12. The minimum atomic E-state index is -0.519. The lowest BCUT2D eigenvalue weighted by atomic mass is 10.4. The maximum atomic E-state index is 11.1. The van der Waals surface area contributed by atoms with Crippen molar-refractivity contribution in [2.75, 3.05) is 7.05 Å². The predicted octanol–water partition coefficient (Wildman–Crippen LogP) is 0.0839. The number of amides is 3. The van der Waals surface area contributed by atoms with E-state index in [1.165, 1.54) is 7.05 Å². The van der Waals surface area contributed by atoms with Gasteiger partial charge in [-0.25, -0.2) is 4.79 Å². The first-order valence-corrected chi connectivity index (χ1v) is 3.40. The molecule has 0 radical (unpaired) electrons. The van der Waals surface area contributed by atoms with Gasteiger partial charge in [0.25, 0.3) is 5.91 Å². The van der Waals surface area contributed by atoms with Crippen molar-refractivity contribution in [3.63, 3.8) is 0 Å². The van der Waals surface area contributed by atoms with Crippen LogP contribution >= 0.6 is 0 Å². The van der Waals surface area contributed by atoms with Crippen LogP contribution in [-0.4, -0.2) is 24.0 Å². The van der Waals surface area contributed by atoms with Gasteiger partial charge in [-0.3, -0.25) is 10.1 Å². The molecule has 1 aromatic rings. The van der Waals surface area contributed by atoms with Crippen LogP contribution in [0.15, 0.2) is 18.3 Å². The Labute approximate surface area is 69.2 Å². The van der Waals surface area contributed by atoms with Gasteiger partial charge in [0.1, 0.15) is 5.69 Å². The number of hydrogen-bond donors (Lipinski definition) is 3. The highest BCUT2D eigenvalue weighted by Crippen LogP contribution is 1.92. The van der Waals surface area contributed by atoms with Crippen LogP contribution in [0, 0.1) is 0 Å². The summed E-state index contributed by atoms with van der Waals surface area (Å²) in [6.45, 7) is 0. The minimum Gasteiger partial charge on any atom is -0.357 e. The fourth-order valence-corrected chi connectivity index (χ4v) is 0.705. The number of aromatic nitrogens is 1. The van der Waals surface area contributed by atoms with E-state index in [1.807, 2.05) is 0 Å². The molecule has 0 aromatic carbocycles. The Kier molecular flexibility index (Phi) is 2.47. The van der Waals surface area contributed by atoms with E-state index in [9.17, 15) is 9.59 Å². The molecule has 5 nitrogen and oxygen atoms in total. The summed E-state index contributed by atoms with van der Waals surface area (Å²) in [4.78, 5) is 24.4. The maximum Gasteiger partial charge on any atom is 0.321 e. The van der Waals surface area contributed by atoms with Gasteiger partial charge in [0.05, 0.1) is 0 Å².